The molecule has 2 aromatic carbocycles. The fourth-order valence-electron chi connectivity index (χ4n) is 4.14. The van der Waals surface area contributed by atoms with Crippen molar-refractivity contribution >= 4 is 35.6 Å². The standard InChI is InChI=1S/C25H26ClN5O5/c1-2-36-23(33)15-30-14-21(28-29-30)17-4-3-5-18(10-17)25(35)31-13-20(32)11-22(31)24(34)27-12-16-6-8-19(26)9-7-16/h3-10,14,20-22,32H,2,11-13,15H2,1H3/p+1/t20-,21?,22+/m1/s1. The number of benzene rings is 2. The van der Waals surface area contributed by atoms with Gasteiger partial charge >= 0.3 is 5.97 Å². The normalized spacial score (nSPS) is 20.8. The van der Waals surface area contributed by atoms with Gasteiger partial charge in [0.15, 0.2) is 0 Å². The average molecular weight is 513 g/mol. The molecule has 0 aromatic heterocycles. The van der Waals surface area contributed by atoms with Crippen molar-refractivity contribution in [2.24, 2.45) is 10.3 Å². The highest BCUT2D eigenvalue weighted by Crippen LogP contribution is 2.25. The first kappa shape index (κ1) is 25.5. The van der Waals surface area contributed by atoms with Crippen LogP contribution in [-0.2, 0) is 20.9 Å². The maximum absolute atomic E-state index is 13.4. The van der Waals surface area contributed by atoms with Gasteiger partial charge < -0.3 is 20.1 Å². The van der Waals surface area contributed by atoms with Crippen LogP contribution in [-0.4, -0.2) is 70.5 Å². The maximum atomic E-state index is 13.4. The summed E-state index contributed by atoms with van der Waals surface area (Å²) in [6, 6.07) is 12.7. The topological polar surface area (TPSA) is 124 Å². The lowest BCUT2D eigenvalue weighted by atomic mass is 10.0. The number of aliphatic hydroxyl groups is 1. The van der Waals surface area contributed by atoms with Crippen LogP contribution in [0.5, 0.6) is 0 Å². The van der Waals surface area contributed by atoms with Gasteiger partial charge in [0.1, 0.15) is 17.5 Å². The number of β-amino-alcohol motifs (C(OH)–C–C–N with tert-alkyl or cyclic N) is 1. The van der Waals surface area contributed by atoms with Crippen molar-refractivity contribution in [3.05, 3.63) is 70.2 Å². The molecule has 4 rings (SSSR count). The minimum absolute atomic E-state index is 0.0507. The molecule has 0 saturated carbocycles. The van der Waals surface area contributed by atoms with Gasteiger partial charge in [-0.15, -0.1) is 4.68 Å². The third-order valence-corrected chi connectivity index (χ3v) is 6.15. The first-order valence-corrected chi connectivity index (χ1v) is 12.0. The molecule has 0 aliphatic carbocycles. The van der Waals surface area contributed by atoms with Crippen LogP contribution >= 0.6 is 11.6 Å². The lowest BCUT2D eigenvalue weighted by molar-refractivity contribution is -0.522. The Kier molecular flexibility index (Phi) is 8.07. The quantitative estimate of drug-likeness (QED) is 0.415. The molecule has 2 amide bonds. The zero-order valence-corrected chi connectivity index (χ0v) is 20.5. The largest absolute Gasteiger partial charge is 0.463 e. The van der Waals surface area contributed by atoms with Crippen molar-refractivity contribution in [2.45, 2.75) is 38.1 Å². The molecule has 0 spiro atoms. The number of aliphatic hydroxyl groups excluding tert-OH is 1. The second-order valence-corrected chi connectivity index (χ2v) is 8.97. The van der Waals surface area contributed by atoms with Crippen LogP contribution in [0, 0.1) is 0 Å². The number of rotatable bonds is 8. The number of nitrogens with one attached hydrogen (secondary N) is 1. The first-order valence-electron chi connectivity index (χ1n) is 11.6. The summed E-state index contributed by atoms with van der Waals surface area (Å²) in [5.41, 5.74) is 1.94. The number of esters is 1. The van der Waals surface area contributed by atoms with E-state index >= 15 is 0 Å². The predicted molar refractivity (Wildman–Crippen MR) is 131 cm³/mol. The fourth-order valence-corrected chi connectivity index (χ4v) is 4.26. The van der Waals surface area contributed by atoms with Gasteiger partial charge in [-0.05, 0) is 36.8 Å². The molecule has 0 radical (unpaired) electrons. The number of carbonyl (C=O) groups is 3. The smallest absolute Gasteiger partial charge is 0.350 e. The Morgan fingerprint density at radius 3 is 2.75 bits per heavy atom. The van der Waals surface area contributed by atoms with Crippen LogP contribution in [0.1, 0.15) is 40.9 Å². The number of hydrogen-bond donors (Lipinski definition) is 2. The molecule has 1 saturated heterocycles. The van der Waals surface area contributed by atoms with Gasteiger partial charge in [0, 0.05) is 40.8 Å². The summed E-state index contributed by atoms with van der Waals surface area (Å²) >= 11 is 5.90. The predicted octanol–water partition coefficient (Wildman–Crippen LogP) is 2.30. The van der Waals surface area contributed by atoms with Gasteiger partial charge in [-0.1, -0.05) is 35.9 Å². The Morgan fingerprint density at radius 2 is 2.00 bits per heavy atom. The minimum atomic E-state index is -0.795. The Labute approximate surface area is 213 Å². The van der Waals surface area contributed by atoms with Crippen molar-refractivity contribution in [1.82, 2.24) is 10.2 Å². The molecule has 1 unspecified atom stereocenters. The molecule has 36 heavy (non-hydrogen) atoms. The van der Waals surface area contributed by atoms with Crippen molar-refractivity contribution in [2.75, 3.05) is 19.7 Å². The van der Waals surface area contributed by atoms with E-state index in [-0.39, 0.29) is 44.5 Å². The number of hydrogen-bond acceptors (Lipinski definition) is 7. The molecule has 10 nitrogen and oxygen atoms in total. The summed E-state index contributed by atoms with van der Waals surface area (Å²) in [6.45, 7) is 2.30. The van der Waals surface area contributed by atoms with Gasteiger partial charge in [-0.25, -0.2) is 4.79 Å². The van der Waals surface area contributed by atoms with Crippen LogP contribution in [0.25, 0.3) is 0 Å². The summed E-state index contributed by atoms with van der Waals surface area (Å²) < 4.78 is 6.32. The molecule has 188 valence electrons. The van der Waals surface area contributed by atoms with Crippen LogP contribution in [0.2, 0.25) is 5.02 Å². The zero-order chi connectivity index (χ0) is 25.7. The van der Waals surface area contributed by atoms with Crippen LogP contribution in [0.4, 0.5) is 0 Å². The first-order chi connectivity index (χ1) is 17.3. The van der Waals surface area contributed by atoms with E-state index in [0.717, 1.165) is 5.56 Å². The highest BCUT2D eigenvalue weighted by Gasteiger charge is 2.39. The third kappa shape index (κ3) is 6.13. The Balaban J connectivity index is 1.43. The van der Waals surface area contributed by atoms with Crippen LogP contribution in [0.3, 0.4) is 0 Å². The molecule has 3 atom stereocenters. The lowest BCUT2D eigenvalue weighted by Gasteiger charge is -2.24. The number of halogens is 1. The molecule has 0 bridgehead atoms. The summed E-state index contributed by atoms with van der Waals surface area (Å²) in [5.74, 6) is -1.11. The van der Waals surface area contributed by atoms with Gasteiger partial charge in [-0.3, -0.25) is 9.59 Å². The monoisotopic (exact) mass is 512 g/mol. The van der Waals surface area contributed by atoms with Gasteiger partial charge in [0.2, 0.25) is 18.5 Å². The summed E-state index contributed by atoms with van der Waals surface area (Å²) in [7, 11) is 0. The van der Waals surface area contributed by atoms with Crippen LogP contribution in [0.15, 0.2) is 58.9 Å². The highest BCUT2D eigenvalue weighted by atomic mass is 35.5. The van der Waals surface area contributed by atoms with Crippen molar-refractivity contribution in [3.63, 3.8) is 0 Å². The second-order valence-electron chi connectivity index (χ2n) is 8.53. The Hall–Kier alpha value is -3.63. The average Bonchev–Trinajstić information content (AvgIpc) is 3.50. The molecule has 2 aromatic rings. The Bertz CT molecular complexity index is 1200. The molecule has 2 aliphatic heterocycles. The minimum Gasteiger partial charge on any atom is -0.463 e. The zero-order valence-electron chi connectivity index (χ0n) is 19.7. The Morgan fingerprint density at radius 1 is 1.22 bits per heavy atom. The molecule has 2 N–H and O–H groups in total. The highest BCUT2D eigenvalue weighted by molar-refractivity contribution is 6.30. The molecule has 2 heterocycles. The molecular weight excluding hydrogens is 486 g/mol. The van der Waals surface area contributed by atoms with E-state index in [1.807, 2.05) is 12.1 Å². The molecular formula is C25H27ClN5O5+. The molecule has 2 aliphatic rings. The van der Waals surface area contributed by atoms with E-state index in [2.05, 4.69) is 15.7 Å². The number of ether oxygens (including phenoxy) is 1. The number of nitrogens with zero attached hydrogens (tertiary/aromatic N) is 4. The van der Waals surface area contributed by atoms with E-state index in [9.17, 15) is 19.5 Å². The van der Waals surface area contributed by atoms with E-state index < -0.39 is 24.2 Å². The lowest BCUT2D eigenvalue weighted by Crippen LogP contribution is -2.45. The summed E-state index contributed by atoms with van der Waals surface area (Å²) in [5, 5.41) is 21.8. The van der Waals surface area contributed by atoms with E-state index in [4.69, 9.17) is 16.3 Å². The molecule has 1 fully saturated rings. The van der Waals surface area contributed by atoms with Gasteiger partial charge in [0.05, 0.1) is 12.7 Å². The fraction of sp³-hybridized carbons (Fsp3) is 0.360. The van der Waals surface area contributed by atoms with E-state index in [1.54, 1.807) is 49.5 Å². The van der Waals surface area contributed by atoms with Crippen molar-refractivity contribution in [1.29, 1.82) is 0 Å². The van der Waals surface area contributed by atoms with E-state index in [1.165, 1.54) is 9.58 Å². The van der Waals surface area contributed by atoms with E-state index in [0.29, 0.717) is 16.1 Å². The number of amides is 2. The van der Waals surface area contributed by atoms with Gasteiger partial charge in [0.25, 0.3) is 5.91 Å². The maximum Gasteiger partial charge on any atom is 0.350 e. The SMILES string of the molecule is CCOC(=O)C[N+]1=CC(c2cccc(C(=O)N3C[C@H](O)C[C@H]3C(=O)NCc3ccc(Cl)cc3)c2)N=N1. The third-order valence-electron chi connectivity index (χ3n) is 5.90. The summed E-state index contributed by atoms with van der Waals surface area (Å²) in [4.78, 5) is 39.3. The second kappa shape index (κ2) is 11.4. The van der Waals surface area contributed by atoms with Crippen molar-refractivity contribution < 1.29 is 28.9 Å². The number of carbonyl (C=O) groups excluding carboxylic acids is 3. The van der Waals surface area contributed by atoms with Crippen LogP contribution < -0.4 is 5.32 Å². The summed E-state index contributed by atoms with van der Waals surface area (Å²) in [6.07, 6.45) is 1.04. The van der Waals surface area contributed by atoms with Gasteiger partial charge in [-0.2, -0.15) is 0 Å². The van der Waals surface area contributed by atoms with Crippen molar-refractivity contribution in [3.8, 4) is 0 Å². The number of likely N-dealkylation sites (tertiary alicyclic amines) is 1. The molecule has 11 heteroatoms.